The second-order valence-electron chi connectivity index (χ2n) is 5.05. The molecule has 0 radical (unpaired) electrons. The Hall–Kier alpha value is -1.06. The normalized spacial score (nSPS) is 20.3. The maximum absolute atomic E-state index is 11.7. The summed E-state index contributed by atoms with van der Waals surface area (Å²) < 4.78 is 5.37. The molecule has 1 aromatic carbocycles. The van der Waals surface area contributed by atoms with Gasteiger partial charge in [0, 0.05) is 17.1 Å². The summed E-state index contributed by atoms with van der Waals surface area (Å²) in [6.45, 7) is 3.35. The minimum absolute atomic E-state index is 0.0393. The smallest absolute Gasteiger partial charge is 0.146 e. The van der Waals surface area contributed by atoms with Crippen LogP contribution in [0.15, 0.2) is 18.2 Å². The minimum atomic E-state index is 0.0393. The molecule has 1 aromatic rings. The molecule has 2 rings (SSSR count). The van der Waals surface area contributed by atoms with E-state index in [1.54, 1.807) is 14.0 Å². The molecule has 0 spiro atoms. The number of Topliss-reactive ketones (excluding diaryl/α,β-unsaturated/α-hetero) is 1. The predicted molar refractivity (Wildman–Crippen MR) is 76.7 cm³/mol. The third kappa shape index (κ3) is 3.48. The fourth-order valence-corrected chi connectivity index (χ4v) is 2.92. The van der Waals surface area contributed by atoms with E-state index in [-0.39, 0.29) is 11.8 Å². The molecule has 1 aliphatic rings. The van der Waals surface area contributed by atoms with Gasteiger partial charge in [0.2, 0.25) is 0 Å². The van der Waals surface area contributed by atoms with Crippen LogP contribution < -0.4 is 4.74 Å². The number of hydrogen-bond donors (Lipinski definition) is 0. The van der Waals surface area contributed by atoms with E-state index in [2.05, 4.69) is 4.90 Å². The number of ether oxygens (including phenoxy) is 1. The number of methoxy groups -OCH3 is 1. The Morgan fingerprint density at radius 3 is 2.95 bits per heavy atom. The van der Waals surface area contributed by atoms with Gasteiger partial charge in [-0.2, -0.15) is 0 Å². The van der Waals surface area contributed by atoms with E-state index >= 15 is 0 Å². The van der Waals surface area contributed by atoms with Crippen molar-refractivity contribution >= 4 is 17.4 Å². The monoisotopic (exact) mass is 281 g/mol. The van der Waals surface area contributed by atoms with Gasteiger partial charge in [-0.3, -0.25) is 9.69 Å². The lowest BCUT2D eigenvalue weighted by atomic mass is 9.98. The highest BCUT2D eigenvalue weighted by molar-refractivity contribution is 6.30. The second kappa shape index (κ2) is 6.40. The van der Waals surface area contributed by atoms with Gasteiger partial charge in [-0.15, -0.1) is 0 Å². The summed E-state index contributed by atoms with van der Waals surface area (Å²) in [7, 11) is 1.66. The van der Waals surface area contributed by atoms with Crippen molar-refractivity contribution in [3.8, 4) is 5.75 Å². The molecule has 1 saturated heterocycles. The molecule has 0 N–H and O–H groups in total. The maximum atomic E-state index is 11.7. The number of benzene rings is 1. The van der Waals surface area contributed by atoms with Gasteiger partial charge in [0.1, 0.15) is 11.5 Å². The van der Waals surface area contributed by atoms with Crippen molar-refractivity contribution in [2.24, 2.45) is 0 Å². The number of rotatable bonds is 4. The molecule has 0 aliphatic carbocycles. The summed E-state index contributed by atoms with van der Waals surface area (Å²) in [6, 6.07) is 5.66. The highest BCUT2D eigenvalue weighted by Gasteiger charge is 2.26. The number of nitrogens with zero attached hydrogens (tertiary/aromatic N) is 1. The van der Waals surface area contributed by atoms with Crippen LogP contribution in [0, 0.1) is 0 Å². The minimum Gasteiger partial charge on any atom is -0.496 e. The molecule has 0 aromatic heterocycles. The van der Waals surface area contributed by atoms with Crippen LogP contribution in [-0.4, -0.2) is 30.4 Å². The van der Waals surface area contributed by atoms with Crippen LogP contribution in [0.3, 0.4) is 0 Å². The molecule has 1 unspecified atom stereocenters. The Labute approximate surface area is 119 Å². The zero-order valence-corrected chi connectivity index (χ0v) is 12.2. The molecule has 104 valence electrons. The number of ketones is 1. The maximum Gasteiger partial charge on any atom is 0.146 e. The lowest BCUT2D eigenvalue weighted by Crippen LogP contribution is -2.43. The molecule has 1 atom stereocenters. The van der Waals surface area contributed by atoms with Crippen molar-refractivity contribution in [2.45, 2.75) is 38.8 Å². The molecular weight excluding hydrogens is 262 g/mol. The van der Waals surface area contributed by atoms with Crippen molar-refractivity contribution < 1.29 is 9.53 Å². The van der Waals surface area contributed by atoms with Crippen molar-refractivity contribution in [1.29, 1.82) is 0 Å². The van der Waals surface area contributed by atoms with Crippen LogP contribution in [0.4, 0.5) is 0 Å². The lowest BCUT2D eigenvalue weighted by Gasteiger charge is -2.34. The van der Waals surface area contributed by atoms with Crippen LogP contribution in [0.5, 0.6) is 5.75 Å². The second-order valence-corrected chi connectivity index (χ2v) is 5.49. The van der Waals surface area contributed by atoms with Crippen molar-refractivity contribution in [3.05, 3.63) is 28.8 Å². The fraction of sp³-hybridized carbons (Fsp3) is 0.533. The number of hydrogen-bond acceptors (Lipinski definition) is 3. The molecule has 1 aliphatic heterocycles. The first-order chi connectivity index (χ1) is 9.11. The molecule has 0 saturated carbocycles. The van der Waals surface area contributed by atoms with Gasteiger partial charge >= 0.3 is 0 Å². The van der Waals surface area contributed by atoms with Crippen LogP contribution in [0.1, 0.15) is 31.7 Å². The van der Waals surface area contributed by atoms with E-state index in [9.17, 15) is 4.79 Å². The number of piperidine rings is 1. The summed E-state index contributed by atoms with van der Waals surface area (Å²) in [5.41, 5.74) is 1.04. The molecule has 0 amide bonds. The third-order valence-electron chi connectivity index (χ3n) is 3.70. The summed E-state index contributed by atoms with van der Waals surface area (Å²) in [6.07, 6.45) is 3.23. The Kier molecular flexibility index (Phi) is 4.83. The fourth-order valence-electron chi connectivity index (χ4n) is 2.73. The number of halogens is 1. The highest BCUT2D eigenvalue weighted by atomic mass is 35.5. The topological polar surface area (TPSA) is 29.5 Å². The summed E-state index contributed by atoms with van der Waals surface area (Å²) in [4.78, 5) is 14.0. The Morgan fingerprint density at radius 2 is 2.26 bits per heavy atom. The summed E-state index contributed by atoms with van der Waals surface area (Å²) >= 11 is 6.05. The number of likely N-dealkylation sites (tertiary alicyclic amines) is 1. The standard InChI is InChI=1S/C15H20ClNO2/c1-11(18)14-5-3-4-8-17(14)10-12-9-13(16)6-7-15(12)19-2/h6-7,9,14H,3-5,8,10H2,1-2H3. The highest BCUT2D eigenvalue weighted by Crippen LogP contribution is 2.27. The van der Waals surface area contributed by atoms with Gasteiger partial charge in [0.15, 0.2) is 0 Å². The lowest BCUT2D eigenvalue weighted by molar-refractivity contribution is -0.123. The predicted octanol–water partition coefficient (Wildman–Crippen LogP) is 3.29. The largest absolute Gasteiger partial charge is 0.496 e. The Balaban J connectivity index is 2.18. The average molecular weight is 282 g/mol. The van der Waals surface area contributed by atoms with Crippen molar-refractivity contribution in [2.75, 3.05) is 13.7 Å². The van der Waals surface area contributed by atoms with Gasteiger partial charge in [-0.25, -0.2) is 0 Å². The van der Waals surface area contributed by atoms with Crippen molar-refractivity contribution in [1.82, 2.24) is 4.90 Å². The molecule has 19 heavy (non-hydrogen) atoms. The van der Waals surface area contributed by atoms with E-state index in [1.807, 2.05) is 18.2 Å². The van der Waals surface area contributed by atoms with E-state index in [0.29, 0.717) is 11.6 Å². The van der Waals surface area contributed by atoms with Gasteiger partial charge in [-0.05, 0) is 44.5 Å². The summed E-state index contributed by atoms with van der Waals surface area (Å²) in [5.74, 6) is 1.08. The zero-order valence-electron chi connectivity index (χ0n) is 11.5. The van der Waals surface area contributed by atoms with Crippen LogP contribution in [0.2, 0.25) is 5.02 Å². The van der Waals surface area contributed by atoms with Crippen LogP contribution in [0.25, 0.3) is 0 Å². The van der Waals surface area contributed by atoms with Gasteiger partial charge in [-0.1, -0.05) is 18.0 Å². The van der Waals surface area contributed by atoms with E-state index < -0.39 is 0 Å². The molecule has 0 bridgehead atoms. The van der Waals surface area contributed by atoms with E-state index in [0.717, 1.165) is 37.1 Å². The average Bonchev–Trinajstić information content (AvgIpc) is 2.39. The van der Waals surface area contributed by atoms with Gasteiger partial charge in [0.05, 0.1) is 13.2 Å². The first kappa shape index (κ1) is 14.4. The van der Waals surface area contributed by atoms with Crippen LogP contribution >= 0.6 is 11.6 Å². The first-order valence-corrected chi connectivity index (χ1v) is 7.06. The third-order valence-corrected chi connectivity index (χ3v) is 3.93. The number of carbonyl (C=O) groups is 1. The van der Waals surface area contributed by atoms with Gasteiger partial charge in [0.25, 0.3) is 0 Å². The van der Waals surface area contributed by atoms with Gasteiger partial charge < -0.3 is 4.74 Å². The quantitative estimate of drug-likeness (QED) is 0.848. The Morgan fingerprint density at radius 1 is 1.47 bits per heavy atom. The first-order valence-electron chi connectivity index (χ1n) is 6.68. The van der Waals surface area contributed by atoms with E-state index in [4.69, 9.17) is 16.3 Å². The molecule has 1 heterocycles. The molecule has 3 nitrogen and oxygen atoms in total. The molecular formula is C15H20ClNO2. The summed E-state index contributed by atoms with van der Waals surface area (Å²) in [5, 5.41) is 0.701. The van der Waals surface area contributed by atoms with Crippen LogP contribution in [-0.2, 0) is 11.3 Å². The zero-order chi connectivity index (χ0) is 13.8. The number of carbonyl (C=O) groups excluding carboxylic acids is 1. The molecule has 4 heteroatoms. The van der Waals surface area contributed by atoms with Crippen molar-refractivity contribution in [3.63, 3.8) is 0 Å². The van der Waals surface area contributed by atoms with E-state index in [1.165, 1.54) is 0 Å². The Bertz CT molecular complexity index is 461. The molecule has 1 fully saturated rings. The SMILES string of the molecule is COc1ccc(Cl)cc1CN1CCCCC1C(C)=O.